The lowest BCUT2D eigenvalue weighted by Crippen LogP contribution is -2.38. The Morgan fingerprint density at radius 3 is 2.57 bits per heavy atom. The summed E-state index contributed by atoms with van der Waals surface area (Å²) in [6.07, 6.45) is 13.3. The minimum absolute atomic E-state index is 0. The molecule has 0 atom stereocenters. The summed E-state index contributed by atoms with van der Waals surface area (Å²) in [5, 5.41) is 6.71. The van der Waals surface area contributed by atoms with Crippen molar-refractivity contribution in [1.29, 1.82) is 0 Å². The van der Waals surface area contributed by atoms with Crippen LogP contribution in [0.5, 0.6) is 0 Å². The van der Waals surface area contributed by atoms with E-state index >= 15 is 0 Å². The third-order valence-corrected chi connectivity index (χ3v) is 5.39. The van der Waals surface area contributed by atoms with Gasteiger partial charge in [0.1, 0.15) is 0 Å². The predicted molar refractivity (Wildman–Crippen MR) is 127 cm³/mol. The molecule has 2 N–H and O–H groups in total. The monoisotopic (exact) mass is 508 g/mol. The molecule has 2 aliphatic rings. The maximum Gasteiger partial charge on any atom is 0.222 e. The van der Waals surface area contributed by atoms with Crippen molar-refractivity contribution < 1.29 is 9.53 Å². The van der Waals surface area contributed by atoms with E-state index in [1.54, 1.807) is 0 Å². The molecule has 2 rings (SSSR count). The van der Waals surface area contributed by atoms with E-state index < -0.39 is 0 Å². The number of amides is 1. The zero-order valence-electron chi connectivity index (χ0n) is 17.7. The largest absolute Gasteiger partial charge is 0.378 e. The number of unbranched alkanes of at least 4 members (excludes halogenated alkanes) is 1. The molecule has 0 bridgehead atoms. The Kier molecular flexibility index (Phi) is 14.8. The van der Waals surface area contributed by atoms with Gasteiger partial charge in [-0.15, -0.1) is 24.0 Å². The molecule has 1 saturated carbocycles. The summed E-state index contributed by atoms with van der Waals surface area (Å²) < 4.78 is 6.05. The van der Waals surface area contributed by atoms with Gasteiger partial charge in [-0.05, 0) is 45.4 Å². The summed E-state index contributed by atoms with van der Waals surface area (Å²) in [7, 11) is 0. The highest BCUT2D eigenvalue weighted by molar-refractivity contribution is 14.0. The zero-order chi connectivity index (χ0) is 19.2. The van der Waals surface area contributed by atoms with Gasteiger partial charge in [-0.2, -0.15) is 0 Å². The van der Waals surface area contributed by atoms with Crippen LogP contribution in [0.3, 0.4) is 0 Å². The van der Waals surface area contributed by atoms with E-state index in [0.717, 1.165) is 77.4 Å². The fourth-order valence-electron chi connectivity index (χ4n) is 3.83. The van der Waals surface area contributed by atoms with Crippen LogP contribution in [0.4, 0.5) is 0 Å². The normalized spacial score (nSPS) is 18.7. The average molecular weight is 508 g/mol. The fraction of sp³-hybridized carbons (Fsp3) is 0.905. The first kappa shape index (κ1) is 25.5. The van der Waals surface area contributed by atoms with Gasteiger partial charge >= 0.3 is 0 Å². The molecule has 1 amide bonds. The second kappa shape index (κ2) is 16.3. The van der Waals surface area contributed by atoms with Crippen LogP contribution >= 0.6 is 24.0 Å². The number of carbonyl (C=O) groups excluding carboxylic acids is 1. The molecule has 6 nitrogen and oxygen atoms in total. The standard InChI is InChI=1S/C21H40N4O2.HI/c1-2-22-21(24-15-10-17-25-16-9-13-20(25)26)23-14-7-8-18-27-19-11-5-3-4-6-12-19;/h19H,2-18H2,1H3,(H2,22,23,24);1H. The average Bonchev–Trinajstić information content (AvgIpc) is 2.91. The summed E-state index contributed by atoms with van der Waals surface area (Å²) in [6.45, 7) is 7.25. The number of rotatable bonds is 11. The first-order valence-corrected chi connectivity index (χ1v) is 11.2. The zero-order valence-corrected chi connectivity index (χ0v) is 20.0. The van der Waals surface area contributed by atoms with Crippen molar-refractivity contribution in [3.63, 3.8) is 0 Å². The van der Waals surface area contributed by atoms with Gasteiger partial charge in [0.2, 0.25) is 5.91 Å². The lowest BCUT2D eigenvalue weighted by atomic mass is 10.1. The Bertz CT molecular complexity index is 440. The number of nitrogens with one attached hydrogen (secondary N) is 2. The topological polar surface area (TPSA) is 66.0 Å². The van der Waals surface area contributed by atoms with Crippen molar-refractivity contribution in [2.24, 2.45) is 4.99 Å². The molecule has 1 aliphatic carbocycles. The molecule has 28 heavy (non-hydrogen) atoms. The van der Waals surface area contributed by atoms with Crippen molar-refractivity contribution >= 4 is 35.8 Å². The number of likely N-dealkylation sites (tertiary alicyclic amines) is 1. The Morgan fingerprint density at radius 1 is 1.11 bits per heavy atom. The highest BCUT2D eigenvalue weighted by atomic mass is 127. The van der Waals surface area contributed by atoms with Crippen LogP contribution in [0.25, 0.3) is 0 Å². The number of hydrogen-bond donors (Lipinski definition) is 2. The Morgan fingerprint density at radius 2 is 1.89 bits per heavy atom. The Labute approximate surface area is 188 Å². The molecule has 1 heterocycles. The molecule has 2 fully saturated rings. The molecule has 0 aromatic heterocycles. The minimum atomic E-state index is 0. The van der Waals surface area contributed by atoms with Crippen LogP contribution in [0.15, 0.2) is 4.99 Å². The van der Waals surface area contributed by atoms with Crippen LogP contribution < -0.4 is 10.6 Å². The van der Waals surface area contributed by atoms with Gasteiger partial charge in [-0.25, -0.2) is 0 Å². The van der Waals surface area contributed by atoms with Crippen LogP contribution in [-0.4, -0.2) is 62.2 Å². The van der Waals surface area contributed by atoms with Gasteiger partial charge in [0.05, 0.1) is 6.10 Å². The maximum absolute atomic E-state index is 11.6. The van der Waals surface area contributed by atoms with Crippen molar-refractivity contribution in [1.82, 2.24) is 15.5 Å². The third-order valence-electron chi connectivity index (χ3n) is 5.39. The summed E-state index contributed by atoms with van der Waals surface area (Å²) in [5.41, 5.74) is 0. The highest BCUT2D eigenvalue weighted by Gasteiger charge is 2.18. The molecular formula is C21H41IN4O2. The predicted octanol–water partition coefficient (Wildman–Crippen LogP) is 3.69. The van der Waals surface area contributed by atoms with E-state index in [1.807, 2.05) is 4.90 Å². The summed E-state index contributed by atoms with van der Waals surface area (Å²) in [4.78, 5) is 18.2. The third kappa shape index (κ3) is 10.8. The molecule has 1 saturated heterocycles. The minimum Gasteiger partial charge on any atom is -0.378 e. The van der Waals surface area contributed by atoms with Gasteiger partial charge in [0, 0.05) is 45.8 Å². The first-order chi connectivity index (χ1) is 13.3. The van der Waals surface area contributed by atoms with E-state index in [2.05, 4.69) is 22.5 Å². The number of ether oxygens (including phenoxy) is 1. The van der Waals surface area contributed by atoms with Crippen LogP contribution in [0.2, 0.25) is 0 Å². The number of hydrogen-bond acceptors (Lipinski definition) is 3. The van der Waals surface area contributed by atoms with E-state index in [-0.39, 0.29) is 24.0 Å². The van der Waals surface area contributed by atoms with E-state index in [1.165, 1.54) is 38.5 Å². The van der Waals surface area contributed by atoms with Crippen LogP contribution in [0.1, 0.15) is 77.6 Å². The van der Waals surface area contributed by atoms with Gasteiger partial charge in [0.25, 0.3) is 0 Å². The van der Waals surface area contributed by atoms with Gasteiger partial charge < -0.3 is 20.3 Å². The van der Waals surface area contributed by atoms with Crippen molar-refractivity contribution in [3.8, 4) is 0 Å². The summed E-state index contributed by atoms with van der Waals surface area (Å²) in [6, 6.07) is 0. The van der Waals surface area contributed by atoms with E-state index in [4.69, 9.17) is 4.74 Å². The SMILES string of the molecule is CCNC(=NCCCN1CCCC1=O)NCCCCOC1CCCCCC1.I. The molecule has 0 aromatic rings. The highest BCUT2D eigenvalue weighted by Crippen LogP contribution is 2.19. The smallest absolute Gasteiger partial charge is 0.222 e. The second-order valence-electron chi connectivity index (χ2n) is 7.72. The number of carbonyl (C=O) groups is 1. The van der Waals surface area contributed by atoms with E-state index in [0.29, 0.717) is 12.0 Å². The maximum atomic E-state index is 11.6. The molecular weight excluding hydrogens is 467 g/mol. The van der Waals surface area contributed by atoms with Crippen molar-refractivity contribution in [3.05, 3.63) is 0 Å². The quantitative estimate of drug-likeness (QED) is 0.147. The Balaban J connectivity index is 0.00000392. The van der Waals surface area contributed by atoms with Gasteiger partial charge in [-0.3, -0.25) is 9.79 Å². The van der Waals surface area contributed by atoms with Crippen LogP contribution in [0, 0.1) is 0 Å². The number of aliphatic imine (C=N–C) groups is 1. The van der Waals surface area contributed by atoms with Crippen molar-refractivity contribution in [2.75, 3.05) is 39.3 Å². The number of guanidine groups is 1. The molecule has 0 aromatic carbocycles. The Hall–Kier alpha value is -0.570. The molecule has 164 valence electrons. The fourth-order valence-corrected chi connectivity index (χ4v) is 3.83. The summed E-state index contributed by atoms with van der Waals surface area (Å²) in [5.74, 6) is 1.19. The molecule has 0 unspecified atom stereocenters. The molecule has 0 radical (unpaired) electrons. The summed E-state index contributed by atoms with van der Waals surface area (Å²) >= 11 is 0. The van der Waals surface area contributed by atoms with E-state index in [9.17, 15) is 4.79 Å². The molecule has 7 heteroatoms. The second-order valence-corrected chi connectivity index (χ2v) is 7.72. The lowest BCUT2D eigenvalue weighted by molar-refractivity contribution is -0.127. The van der Waals surface area contributed by atoms with Gasteiger partial charge in [0.15, 0.2) is 5.96 Å². The number of nitrogens with zero attached hydrogens (tertiary/aromatic N) is 2. The van der Waals surface area contributed by atoms with Gasteiger partial charge in [-0.1, -0.05) is 25.7 Å². The first-order valence-electron chi connectivity index (χ1n) is 11.2. The molecule has 0 spiro atoms. The van der Waals surface area contributed by atoms with Crippen LogP contribution in [-0.2, 0) is 9.53 Å². The van der Waals surface area contributed by atoms with Crippen molar-refractivity contribution in [2.45, 2.75) is 83.7 Å². The molecule has 1 aliphatic heterocycles. The lowest BCUT2D eigenvalue weighted by Gasteiger charge is -2.16. The number of halogens is 1.